The van der Waals surface area contributed by atoms with Crippen molar-refractivity contribution in [2.24, 2.45) is 0 Å². The zero-order chi connectivity index (χ0) is 13.1. The fraction of sp³-hybridized carbons (Fsp3) is 0.923. The highest BCUT2D eigenvalue weighted by atomic mass is 16.6. The Morgan fingerprint density at radius 3 is 2.18 bits per heavy atom. The molecule has 0 N–H and O–H groups in total. The molecule has 0 saturated carbocycles. The van der Waals surface area contributed by atoms with E-state index in [9.17, 15) is 4.79 Å². The predicted molar refractivity (Wildman–Crippen MR) is 67.1 cm³/mol. The van der Waals surface area contributed by atoms with Gasteiger partial charge in [0, 0.05) is 20.2 Å². The lowest BCUT2D eigenvalue weighted by Gasteiger charge is -2.40. The lowest BCUT2D eigenvalue weighted by molar-refractivity contribution is -0.0622. The van der Waals surface area contributed by atoms with Gasteiger partial charge in [-0.3, -0.25) is 0 Å². The molecule has 1 amide bonds. The van der Waals surface area contributed by atoms with Gasteiger partial charge in [-0.2, -0.15) is 0 Å². The molecule has 1 fully saturated rings. The summed E-state index contributed by atoms with van der Waals surface area (Å²) in [6.07, 6.45) is 2.56. The Balaban J connectivity index is 2.49. The van der Waals surface area contributed by atoms with Crippen LogP contribution in [0, 0.1) is 0 Å². The SMILES string of the molecule is CCC1(OC)CCN(C(=O)OC(C)(C)C)CC1. The molecule has 0 aromatic carbocycles. The molecular weight excluding hydrogens is 218 g/mol. The molecule has 0 atom stereocenters. The zero-order valence-electron chi connectivity index (χ0n) is 11.7. The number of hydrogen-bond donors (Lipinski definition) is 0. The molecule has 0 radical (unpaired) electrons. The van der Waals surface area contributed by atoms with Crippen molar-refractivity contribution in [3.8, 4) is 0 Å². The van der Waals surface area contributed by atoms with E-state index in [1.165, 1.54) is 0 Å². The largest absolute Gasteiger partial charge is 0.444 e. The van der Waals surface area contributed by atoms with E-state index in [2.05, 4.69) is 6.92 Å². The summed E-state index contributed by atoms with van der Waals surface area (Å²) in [5.74, 6) is 0. The van der Waals surface area contributed by atoms with Crippen molar-refractivity contribution in [3.63, 3.8) is 0 Å². The molecule has 4 nitrogen and oxygen atoms in total. The topological polar surface area (TPSA) is 38.8 Å². The minimum absolute atomic E-state index is 0.0431. The minimum Gasteiger partial charge on any atom is -0.444 e. The fourth-order valence-electron chi connectivity index (χ4n) is 2.13. The second kappa shape index (κ2) is 5.25. The predicted octanol–water partition coefficient (Wildman–Crippen LogP) is 2.81. The normalized spacial score (nSPS) is 20.2. The average molecular weight is 243 g/mol. The first kappa shape index (κ1) is 14.3. The van der Waals surface area contributed by atoms with Crippen LogP contribution in [0.4, 0.5) is 4.79 Å². The first-order chi connectivity index (χ1) is 7.82. The Morgan fingerprint density at radius 1 is 1.29 bits per heavy atom. The minimum atomic E-state index is -0.419. The molecule has 0 bridgehead atoms. The van der Waals surface area contributed by atoms with Gasteiger partial charge >= 0.3 is 6.09 Å². The van der Waals surface area contributed by atoms with E-state index in [4.69, 9.17) is 9.47 Å². The summed E-state index contributed by atoms with van der Waals surface area (Å²) in [6.45, 7) is 9.24. The summed E-state index contributed by atoms with van der Waals surface area (Å²) in [6, 6.07) is 0. The molecule has 0 spiro atoms. The molecule has 0 aliphatic carbocycles. The number of nitrogens with zero attached hydrogens (tertiary/aromatic N) is 1. The van der Waals surface area contributed by atoms with Crippen LogP contribution in [-0.2, 0) is 9.47 Å². The molecule has 1 aliphatic heterocycles. The number of carbonyl (C=O) groups excluding carboxylic acids is 1. The second-order valence-corrected chi connectivity index (χ2v) is 5.71. The van der Waals surface area contributed by atoms with Crippen molar-refractivity contribution in [2.75, 3.05) is 20.2 Å². The number of carbonyl (C=O) groups is 1. The van der Waals surface area contributed by atoms with Crippen molar-refractivity contribution in [2.45, 2.75) is 58.2 Å². The Bertz CT molecular complexity index is 256. The maximum atomic E-state index is 11.9. The molecule has 4 heteroatoms. The Kier molecular flexibility index (Phi) is 4.42. The first-order valence-corrected chi connectivity index (χ1v) is 6.35. The van der Waals surface area contributed by atoms with Crippen LogP contribution < -0.4 is 0 Å². The highest BCUT2D eigenvalue weighted by Gasteiger charge is 2.35. The number of methoxy groups -OCH3 is 1. The quantitative estimate of drug-likeness (QED) is 0.748. The van der Waals surface area contributed by atoms with Gasteiger partial charge < -0.3 is 14.4 Å². The van der Waals surface area contributed by atoms with E-state index < -0.39 is 5.60 Å². The van der Waals surface area contributed by atoms with Crippen LogP contribution in [0.5, 0.6) is 0 Å². The van der Waals surface area contributed by atoms with Crippen molar-refractivity contribution in [3.05, 3.63) is 0 Å². The van der Waals surface area contributed by atoms with Gasteiger partial charge in [-0.05, 0) is 40.0 Å². The van der Waals surface area contributed by atoms with Crippen LogP contribution in [0.1, 0.15) is 47.0 Å². The van der Waals surface area contributed by atoms with Crippen LogP contribution in [0.3, 0.4) is 0 Å². The molecular formula is C13H25NO3. The van der Waals surface area contributed by atoms with Gasteiger partial charge in [-0.25, -0.2) is 4.79 Å². The molecule has 0 unspecified atom stereocenters. The number of piperidine rings is 1. The maximum absolute atomic E-state index is 11.9. The van der Waals surface area contributed by atoms with Gasteiger partial charge in [0.2, 0.25) is 0 Å². The zero-order valence-corrected chi connectivity index (χ0v) is 11.7. The van der Waals surface area contributed by atoms with E-state index in [1.54, 1.807) is 12.0 Å². The Labute approximate surface area is 104 Å². The molecule has 100 valence electrons. The van der Waals surface area contributed by atoms with E-state index in [0.717, 1.165) is 32.4 Å². The molecule has 1 aliphatic rings. The van der Waals surface area contributed by atoms with Gasteiger partial charge in [0.15, 0.2) is 0 Å². The van der Waals surface area contributed by atoms with Gasteiger partial charge in [0.05, 0.1) is 5.60 Å². The highest BCUT2D eigenvalue weighted by Crippen LogP contribution is 2.29. The van der Waals surface area contributed by atoms with Gasteiger partial charge in [0.25, 0.3) is 0 Å². The summed E-state index contributed by atoms with van der Waals surface area (Å²) in [5, 5.41) is 0. The number of hydrogen-bond acceptors (Lipinski definition) is 3. The third-order valence-corrected chi connectivity index (χ3v) is 3.40. The van der Waals surface area contributed by atoms with Crippen LogP contribution >= 0.6 is 0 Å². The van der Waals surface area contributed by atoms with Crippen LogP contribution in [-0.4, -0.2) is 42.4 Å². The van der Waals surface area contributed by atoms with Crippen LogP contribution in [0.15, 0.2) is 0 Å². The summed E-state index contributed by atoms with van der Waals surface area (Å²) in [7, 11) is 1.76. The van der Waals surface area contributed by atoms with Crippen molar-refractivity contribution >= 4 is 6.09 Å². The molecule has 1 saturated heterocycles. The van der Waals surface area contributed by atoms with Gasteiger partial charge in [-0.15, -0.1) is 0 Å². The molecule has 1 heterocycles. The smallest absolute Gasteiger partial charge is 0.410 e. The van der Waals surface area contributed by atoms with E-state index in [-0.39, 0.29) is 11.7 Å². The van der Waals surface area contributed by atoms with Crippen molar-refractivity contribution in [1.29, 1.82) is 0 Å². The summed E-state index contributed by atoms with van der Waals surface area (Å²) in [4.78, 5) is 13.6. The average Bonchev–Trinajstić information content (AvgIpc) is 2.27. The van der Waals surface area contributed by atoms with Crippen molar-refractivity contribution < 1.29 is 14.3 Å². The van der Waals surface area contributed by atoms with E-state index >= 15 is 0 Å². The summed E-state index contributed by atoms with van der Waals surface area (Å²) < 4.78 is 10.9. The molecule has 17 heavy (non-hydrogen) atoms. The van der Waals surface area contributed by atoms with E-state index in [1.807, 2.05) is 20.8 Å². The first-order valence-electron chi connectivity index (χ1n) is 6.35. The van der Waals surface area contributed by atoms with E-state index in [0.29, 0.717) is 0 Å². The van der Waals surface area contributed by atoms with Crippen LogP contribution in [0.25, 0.3) is 0 Å². The lowest BCUT2D eigenvalue weighted by atomic mass is 9.89. The fourth-order valence-corrected chi connectivity index (χ4v) is 2.13. The van der Waals surface area contributed by atoms with Crippen LogP contribution in [0.2, 0.25) is 0 Å². The monoisotopic (exact) mass is 243 g/mol. The number of ether oxygens (including phenoxy) is 2. The Hall–Kier alpha value is -0.770. The van der Waals surface area contributed by atoms with Gasteiger partial charge in [0.1, 0.15) is 5.60 Å². The van der Waals surface area contributed by atoms with Crippen molar-refractivity contribution in [1.82, 2.24) is 4.90 Å². The number of likely N-dealkylation sites (tertiary alicyclic amines) is 1. The third-order valence-electron chi connectivity index (χ3n) is 3.40. The third kappa shape index (κ3) is 3.87. The number of rotatable bonds is 2. The summed E-state index contributed by atoms with van der Waals surface area (Å²) >= 11 is 0. The molecule has 1 rings (SSSR count). The number of amides is 1. The molecule has 0 aromatic rings. The standard InChI is InChI=1S/C13H25NO3/c1-6-13(16-5)7-9-14(10-8-13)11(15)17-12(2,3)4/h6-10H2,1-5H3. The highest BCUT2D eigenvalue weighted by molar-refractivity contribution is 5.68. The van der Waals surface area contributed by atoms with Gasteiger partial charge in [-0.1, -0.05) is 6.92 Å². The lowest BCUT2D eigenvalue weighted by Crippen LogP contribution is -2.48. The summed E-state index contributed by atoms with van der Waals surface area (Å²) in [5.41, 5.74) is -0.462. The Morgan fingerprint density at radius 2 is 1.82 bits per heavy atom. The molecule has 0 aromatic heterocycles. The second-order valence-electron chi connectivity index (χ2n) is 5.71. The maximum Gasteiger partial charge on any atom is 0.410 e.